The van der Waals surface area contributed by atoms with Crippen molar-refractivity contribution in [1.29, 1.82) is 0 Å². The van der Waals surface area contributed by atoms with E-state index < -0.39 is 30.1 Å². The molecule has 4 aliphatic rings. The number of alkyl carbamates (subject to hydrolysis) is 1. The van der Waals surface area contributed by atoms with E-state index in [1.54, 1.807) is 0 Å². The molecule has 4 heterocycles. The van der Waals surface area contributed by atoms with Gasteiger partial charge in [0.15, 0.2) is 17.8 Å². The van der Waals surface area contributed by atoms with Gasteiger partial charge in [-0.1, -0.05) is 14.4 Å². The first-order valence-corrected chi connectivity index (χ1v) is 10.2. The fourth-order valence-electron chi connectivity index (χ4n) is 4.16. The van der Waals surface area contributed by atoms with Crippen LogP contribution in [0.25, 0.3) is 0 Å². The molecule has 0 unspecified atom stereocenters. The molecule has 0 radical (unpaired) electrons. The largest absolute Gasteiger partial charge is 0.453 e. The maximum atomic E-state index is 11.2. The number of aliphatic hydroxyl groups excluding tert-OH is 1. The fraction of sp³-hybridized carbons (Fsp3) is 0.950. The summed E-state index contributed by atoms with van der Waals surface area (Å²) in [6.07, 6.45) is -2.08. The predicted octanol–water partition coefficient (Wildman–Crippen LogP) is 1.24. The van der Waals surface area contributed by atoms with Crippen LogP contribution in [0.5, 0.6) is 0 Å². The van der Waals surface area contributed by atoms with Crippen molar-refractivity contribution in [3.05, 3.63) is 0 Å². The van der Waals surface area contributed by atoms with E-state index in [0.717, 1.165) is 6.42 Å². The summed E-state index contributed by atoms with van der Waals surface area (Å²) in [5.41, 5.74) is 5.67. The molecule has 4 N–H and O–H groups in total. The van der Waals surface area contributed by atoms with Crippen molar-refractivity contribution in [3.63, 3.8) is 0 Å². The van der Waals surface area contributed by atoms with Gasteiger partial charge in [0.1, 0.15) is 36.7 Å². The lowest BCUT2D eigenvalue weighted by atomic mass is 10.1. The van der Waals surface area contributed by atoms with E-state index in [0.29, 0.717) is 0 Å². The minimum atomic E-state index is -0.636. The molecule has 12 heteroatoms. The van der Waals surface area contributed by atoms with E-state index >= 15 is 0 Å². The molecule has 4 fully saturated rings. The molecule has 0 aliphatic carbocycles. The van der Waals surface area contributed by atoms with Crippen LogP contribution in [0.1, 0.15) is 48.5 Å². The molecular weight excluding hydrogens is 448 g/mol. The molecule has 0 bridgehead atoms. The van der Waals surface area contributed by atoms with Crippen LogP contribution in [0.2, 0.25) is 0 Å². The molecular formula is C20H39ClN2O9. The van der Waals surface area contributed by atoms with Gasteiger partial charge in [0.25, 0.3) is 0 Å². The van der Waals surface area contributed by atoms with Gasteiger partial charge >= 0.3 is 6.09 Å². The van der Waals surface area contributed by atoms with Crippen LogP contribution in [0, 0.1) is 0 Å². The quantitative estimate of drug-likeness (QED) is 0.533. The highest BCUT2D eigenvalue weighted by Crippen LogP contribution is 2.39. The number of methoxy groups -OCH3 is 1. The van der Waals surface area contributed by atoms with E-state index in [-0.39, 0.29) is 63.1 Å². The number of nitrogens with two attached hydrogens (primary N) is 1. The summed E-state index contributed by atoms with van der Waals surface area (Å²) >= 11 is 0. The number of hydrogen-bond donors (Lipinski definition) is 3. The van der Waals surface area contributed by atoms with Gasteiger partial charge in [-0.3, -0.25) is 5.32 Å². The van der Waals surface area contributed by atoms with Gasteiger partial charge in [0.2, 0.25) is 0 Å². The lowest BCUT2D eigenvalue weighted by Gasteiger charge is -2.23. The number of ether oxygens (including phenoxy) is 7. The Kier molecular flexibility index (Phi) is 10.2. The fourth-order valence-corrected chi connectivity index (χ4v) is 4.16. The number of amides is 1. The molecule has 11 nitrogen and oxygen atoms in total. The van der Waals surface area contributed by atoms with Gasteiger partial charge in [-0.15, -0.1) is 12.4 Å². The van der Waals surface area contributed by atoms with Gasteiger partial charge in [-0.25, -0.2) is 4.79 Å². The van der Waals surface area contributed by atoms with Crippen molar-refractivity contribution in [1.82, 2.24) is 5.32 Å². The SMILES string of the molecule is C.CC1(C)O[C@@H]2[C@H](O1)[C@@H](CO)O[C@H]2N.CC[C@H]1O[C@@H](NC(=O)OC)[C@@H]2OC(C)(C)O[C@@H]21.Cl. The second-order valence-electron chi connectivity index (χ2n) is 8.59. The van der Waals surface area contributed by atoms with Crippen LogP contribution in [0.4, 0.5) is 4.79 Å². The lowest BCUT2D eigenvalue weighted by molar-refractivity contribution is -0.189. The highest BCUT2D eigenvalue weighted by atomic mass is 35.5. The first-order valence-electron chi connectivity index (χ1n) is 10.2. The van der Waals surface area contributed by atoms with Crippen molar-refractivity contribution < 1.29 is 43.1 Å². The summed E-state index contributed by atoms with van der Waals surface area (Å²) < 4.78 is 38.1. The molecule has 4 rings (SSSR count). The van der Waals surface area contributed by atoms with Crippen molar-refractivity contribution in [2.75, 3.05) is 13.7 Å². The van der Waals surface area contributed by atoms with Crippen LogP contribution in [0.3, 0.4) is 0 Å². The van der Waals surface area contributed by atoms with Gasteiger partial charge in [-0.05, 0) is 34.1 Å². The Morgan fingerprint density at radius 2 is 1.47 bits per heavy atom. The van der Waals surface area contributed by atoms with E-state index in [1.165, 1.54) is 7.11 Å². The Balaban J connectivity index is 0.000000310. The third kappa shape index (κ3) is 6.22. The van der Waals surface area contributed by atoms with E-state index in [1.807, 2.05) is 34.6 Å². The molecule has 1 amide bonds. The third-order valence-corrected chi connectivity index (χ3v) is 5.36. The summed E-state index contributed by atoms with van der Waals surface area (Å²) in [5.74, 6) is -1.26. The minimum Gasteiger partial charge on any atom is -0.453 e. The molecule has 4 saturated heterocycles. The van der Waals surface area contributed by atoms with Crippen molar-refractivity contribution >= 4 is 18.5 Å². The Morgan fingerprint density at radius 1 is 0.969 bits per heavy atom. The van der Waals surface area contributed by atoms with Crippen LogP contribution in [-0.4, -0.2) is 85.6 Å². The Hall–Kier alpha value is -0.760. The summed E-state index contributed by atoms with van der Waals surface area (Å²) in [4.78, 5) is 11.2. The van der Waals surface area contributed by atoms with Crippen molar-refractivity contribution in [2.24, 2.45) is 5.73 Å². The monoisotopic (exact) mass is 486 g/mol. The van der Waals surface area contributed by atoms with Crippen LogP contribution >= 0.6 is 12.4 Å². The van der Waals surface area contributed by atoms with Crippen molar-refractivity contribution in [3.8, 4) is 0 Å². The summed E-state index contributed by atoms with van der Waals surface area (Å²) in [6, 6.07) is 0. The molecule has 0 aromatic heterocycles. The van der Waals surface area contributed by atoms with Gasteiger partial charge in [0.05, 0.1) is 19.8 Å². The number of carbonyl (C=O) groups excluding carboxylic acids is 1. The second-order valence-corrected chi connectivity index (χ2v) is 8.59. The number of aliphatic hydroxyl groups is 1. The highest BCUT2D eigenvalue weighted by Gasteiger charge is 2.55. The highest BCUT2D eigenvalue weighted by molar-refractivity contribution is 5.85. The number of nitrogens with one attached hydrogen (secondary N) is 1. The molecule has 0 aromatic carbocycles. The predicted molar refractivity (Wildman–Crippen MR) is 116 cm³/mol. The summed E-state index contributed by atoms with van der Waals surface area (Å²) in [7, 11) is 1.31. The smallest absolute Gasteiger partial charge is 0.408 e. The third-order valence-electron chi connectivity index (χ3n) is 5.36. The Labute approximate surface area is 195 Å². The van der Waals surface area contributed by atoms with E-state index in [9.17, 15) is 4.79 Å². The van der Waals surface area contributed by atoms with Gasteiger partial charge in [-0.2, -0.15) is 0 Å². The minimum absolute atomic E-state index is 0. The van der Waals surface area contributed by atoms with E-state index in [4.69, 9.17) is 39.3 Å². The van der Waals surface area contributed by atoms with Crippen LogP contribution < -0.4 is 11.1 Å². The summed E-state index contributed by atoms with van der Waals surface area (Å²) in [6.45, 7) is 9.28. The molecule has 190 valence electrons. The molecule has 4 aliphatic heterocycles. The maximum Gasteiger partial charge on any atom is 0.408 e. The molecule has 0 saturated carbocycles. The Morgan fingerprint density at radius 3 is 1.97 bits per heavy atom. The number of rotatable bonds is 3. The zero-order valence-corrected chi connectivity index (χ0v) is 19.5. The first kappa shape index (κ1) is 29.3. The zero-order chi connectivity index (χ0) is 22.3. The number of hydrogen-bond acceptors (Lipinski definition) is 10. The zero-order valence-electron chi connectivity index (χ0n) is 18.7. The topological polar surface area (TPSA) is 140 Å². The maximum absolute atomic E-state index is 11.2. The number of fused-ring (bicyclic) bond motifs is 2. The molecule has 0 aromatic rings. The molecule has 0 spiro atoms. The first-order chi connectivity index (χ1) is 14.0. The van der Waals surface area contributed by atoms with Crippen LogP contribution in [0.15, 0.2) is 0 Å². The summed E-state index contributed by atoms with van der Waals surface area (Å²) in [5, 5.41) is 11.6. The Bertz CT molecular complexity index is 624. The van der Waals surface area contributed by atoms with Gasteiger partial charge < -0.3 is 44.0 Å². The average Bonchev–Trinajstić information content (AvgIpc) is 3.34. The van der Waals surface area contributed by atoms with Crippen molar-refractivity contribution in [2.45, 2.75) is 109 Å². The second kappa shape index (κ2) is 11.1. The van der Waals surface area contributed by atoms with Crippen LogP contribution in [-0.2, 0) is 33.2 Å². The standard InChI is InChI=1S/C11H19NO5.C8H15NO4.CH4.ClH/c1-5-6-7-8(17-11(2,3)16-7)9(15-6)12-10(13)14-4;1-8(2)12-5-4(3-10)11-7(9)6(5)13-8;;/h6-9H,5H2,1-4H3,(H,12,13);4-7,10H,3,9H2,1-2H3;1H4;1H/t6-,7-,8-,9-;4-,5-,6-,7-;;/m11../s1. The molecule has 32 heavy (non-hydrogen) atoms. The van der Waals surface area contributed by atoms with Gasteiger partial charge in [0, 0.05) is 0 Å². The normalized spacial score (nSPS) is 40.1. The number of carbonyl (C=O) groups is 1. The average molecular weight is 487 g/mol. The number of halogens is 1. The molecule has 8 atom stereocenters. The lowest BCUT2D eigenvalue weighted by Crippen LogP contribution is -2.43. The van der Waals surface area contributed by atoms with E-state index in [2.05, 4.69) is 10.1 Å².